The topological polar surface area (TPSA) is 99.2 Å². The minimum absolute atomic E-state index is 0.0647. The van der Waals surface area contributed by atoms with Crippen LogP contribution in [0.5, 0.6) is 0 Å². The molecule has 3 atom stereocenters. The van der Waals surface area contributed by atoms with Gasteiger partial charge in [0.15, 0.2) is 5.69 Å². The number of amides is 3. The van der Waals surface area contributed by atoms with Crippen LogP contribution in [0.1, 0.15) is 23.8 Å². The number of likely N-dealkylation sites (N-methyl/N-ethyl adjacent to an activating group) is 1. The van der Waals surface area contributed by atoms with E-state index >= 15 is 0 Å². The van der Waals surface area contributed by atoms with Gasteiger partial charge in [-0.05, 0) is 13.3 Å². The summed E-state index contributed by atoms with van der Waals surface area (Å²) in [6.07, 6.45) is 1.64. The molecular formula is C17H24N6O4S. The van der Waals surface area contributed by atoms with Crippen molar-refractivity contribution in [2.24, 2.45) is 0 Å². The predicted octanol–water partition coefficient (Wildman–Crippen LogP) is -0.264. The first-order chi connectivity index (χ1) is 13.5. The van der Waals surface area contributed by atoms with Crippen LogP contribution in [-0.4, -0.2) is 111 Å². The molecule has 0 radical (unpaired) electrons. The van der Waals surface area contributed by atoms with Crippen molar-refractivity contribution in [1.82, 2.24) is 28.3 Å². The van der Waals surface area contributed by atoms with Gasteiger partial charge in [-0.15, -0.1) is 0 Å². The second kappa shape index (κ2) is 7.63. The molecule has 3 aliphatic heterocycles. The Kier molecular flexibility index (Phi) is 5.19. The summed E-state index contributed by atoms with van der Waals surface area (Å²) in [6.45, 7) is 5.15. The molecule has 4 rings (SSSR count). The number of hydrogen-bond donors (Lipinski definition) is 0. The van der Waals surface area contributed by atoms with Gasteiger partial charge in [0, 0.05) is 39.8 Å². The van der Waals surface area contributed by atoms with Gasteiger partial charge in [-0.3, -0.25) is 19.4 Å². The van der Waals surface area contributed by atoms with E-state index < -0.39 is 0 Å². The Balaban J connectivity index is 1.38. The van der Waals surface area contributed by atoms with Crippen LogP contribution in [0.3, 0.4) is 0 Å². The number of fused-ring (bicyclic) bond motifs is 1. The second-order valence-corrected chi connectivity index (χ2v) is 8.04. The second-order valence-electron chi connectivity index (χ2n) is 7.49. The number of carbonyl (C=O) groups is 3. The fourth-order valence-corrected chi connectivity index (χ4v) is 4.56. The first-order valence-electron chi connectivity index (χ1n) is 9.50. The average Bonchev–Trinajstić information content (AvgIpc) is 3.44. The van der Waals surface area contributed by atoms with Gasteiger partial charge in [-0.2, -0.15) is 8.75 Å². The summed E-state index contributed by atoms with van der Waals surface area (Å²) in [5.74, 6) is -0.0866. The molecule has 3 fully saturated rings. The monoisotopic (exact) mass is 408 g/mol. The first kappa shape index (κ1) is 19.1. The van der Waals surface area contributed by atoms with Gasteiger partial charge < -0.3 is 14.5 Å². The molecule has 1 aromatic heterocycles. The zero-order valence-electron chi connectivity index (χ0n) is 16.0. The van der Waals surface area contributed by atoms with Gasteiger partial charge in [-0.25, -0.2) is 4.79 Å². The van der Waals surface area contributed by atoms with E-state index in [1.807, 2.05) is 11.8 Å². The Labute approximate surface area is 167 Å². The highest BCUT2D eigenvalue weighted by Gasteiger charge is 2.51. The third-order valence-corrected chi connectivity index (χ3v) is 6.29. The summed E-state index contributed by atoms with van der Waals surface area (Å²) in [4.78, 5) is 44.4. The van der Waals surface area contributed by atoms with E-state index in [1.54, 1.807) is 21.7 Å². The Morgan fingerprint density at radius 1 is 1.36 bits per heavy atom. The summed E-state index contributed by atoms with van der Waals surface area (Å²) in [5.41, 5.74) is 0.345. The maximum atomic E-state index is 12.5. The quantitative estimate of drug-likeness (QED) is 0.662. The van der Waals surface area contributed by atoms with Crippen molar-refractivity contribution in [2.75, 3.05) is 46.3 Å². The highest BCUT2D eigenvalue weighted by Crippen LogP contribution is 2.31. The van der Waals surface area contributed by atoms with E-state index in [0.717, 1.165) is 11.7 Å². The Hall–Kier alpha value is -2.27. The minimum Gasteiger partial charge on any atom is -0.442 e. The van der Waals surface area contributed by atoms with Crippen LogP contribution in [0, 0.1) is 0 Å². The Bertz CT molecular complexity index is 759. The lowest BCUT2D eigenvalue weighted by molar-refractivity contribution is -0.130. The van der Waals surface area contributed by atoms with Gasteiger partial charge in [0.2, 0.25) is 5.91 Å². The lowest BCUT2D eigenvalue weighted by Gasteiger charge is -2.28. The molecule has 0 bridgehead atoms. The van der Waals surface area contributed by atoms with E-state index in [9.17, 15) is 14.4 Å². The molecule has 1 unspecified atom stereocenters. The van der Waals surface area contributed by atoms with E-state index in [2.05, 4.69) is 8.75 Å². The Morgan fingerprint density at radius 3 is 2.89 bits per heavy atom. The van der Waals surface area contributed by atoms with Crippen molar-refractivity contribution in [3.8, 4) is 0 Å². The Morgan fingerprint density at radius 2 is 2.18 bits per heavy atom. The number of aromatic nitrogens is 2. The van der Waals surface area contributed by atoms with E-state index in [4.69, 9.17) is 4.74 Å². The molecule has 4 heterocycles. The van der Waals surface area contributed by atoms with Crippen LogP contribution in [0.25, 0.3) is 0 Å². The molecule has 10 nitrogen and oxygen atoms in total. The number of hydrogen-bond acceptors (Lipinski definition) is 8. The van der Waals surface area contributed by atoms with Crippen LogP contribution in [0.2, 0.25) is 0 Å². The lowest BCUT2D eigenvalue weighted by Crippen LogP contribution is -2.47. The zero-order valence-corrected chi connectivity index (χ0v) is 16.8. The van der Waals surface area contributed by atoms with Gasteiger partial charge >= 0.3 is 6.09 Å². The summed E-state index contributed by atoms with van der Waals surface area (Å²) < 4.78 is 13.5. The summed E-state index contributed by atoms with van der Waals surface area (Å²) >= 11 is 1.01. The normalized spacial score (nSPS) is 27.2. The number of rotatable bonds is 5. The lowest BCUT2D eigenvalue weighted by atomic mass is 10.1. The number of ether oxygens (including phenoxy) is 1. The maximum Gasteiger partial charge on any atom is 0.410 e. The molecule has 28 heavy (non-hydrogen) atoms. The van der Waals surface area contributed by atoms with Crippen LogP contribution < -0.4 is 0 Å². The molecule has 0 saturated carbocycles. The smallest absolute Gasteiger partial charge is 0.410 e. The largest absolute Gasteiger partial charge is 0.442 e. The minimum atomic E-state index is -0.318. The van der Waals surface area contributed by atoms with Crippen molar-refractivity contribution < 1.29 is 19.1 Å². The van der Waals surface area contributed by atoms with Crippen molar-refractivity contribution in [3.05, 3.63) is 11.9 Å². The van der Waals surface area contributed by atoms with Crippen LogP contribution in [-0.2, 0) is 9.53 Å². The summed E-state index contributed by atoms with van der Waals surface area (Å²) in [6, 6.07) is -0.153. The molecule has 3 aliphatic rings. The van der Waals surface area contributed by atoms with Gasteiger partial charge in [-0.1, -0.05) is 0 Å². The van der Waals surface area contributed by atoms with E-state index in [1.165, 1.54) is 6.20 Å². The van der Waals surface area contributed by atoms with Gasteiger partial charge in [0.1, 0.15) is 6.10 Å². The molecular weight excluding hydrogens is 384 g/mol. The van der Waals surface area contributed by atoms with Gasteiger partial charge in [0.05, 0.1) is 36.6 Å². The zero-order chi connectivity index (χ0) is 19.8. The molecule has 3 amide bonds. The molecule has 0 aromatic carbocycles. The summed E-state index contributed by atoms with van der Waals surface area (Å²) in [7, 11) is 1.79. The SMILES string of the molecule is CCN(C)C(=O)CN1C[C@@H]2OC(=O)N(C3CCN(C(=O)c4cnsn4)C3)[C@@H]2C1. The van der Waals surface area contributed by atoms with Crippen LogP contribution in [0.15, 0.2) is 6.20 Å². The third kappa shape index (κ3) is 3.44. The first-order valence-corrected chi connectivity index (χ1v) is 10.2. The number of carbonyl (C=O) groups excluding carboxylic acids is 3. The molecule has 1 aromatic rings. The number of nitrogens with zero attached hydrogens (tertiary/aromatic N) is 6. The number of likely N-dealkylation sites (tertiary alicyclic amines) is 2. The molecule has 0 spiro atoms. The fourth-order valence-electron chi connectivity index (χ4n) is 4.15. The summed E-state index contributed by atoms with van der Waals surface area (Å²) in [5, 5.41) is 0. The van der Waals surface area contributed by atoms with Crippen LogP contribution in [0.4, 0.5) is 4.79 Å². The van der Waals surface area contributed by atoms with Crippen LogP contribution >= 0.6 is 11.7 Å². The highest BCUT2D eigenvalue weighted by atomic mass is 32.1. The maximum absolute atomic E-state index is 12.5. The molecule has 0 aliphatic carbocycles. The molecule has 152 valence electrons. The van der Waals surface area contributed by atoms with Crippen molar-refractivity contribution in [3.63, 3.8) is 0 Å². The average molecular weight is 408 g/mol. The molecule has 3 saturated heterocycles. The fraction of sp³-hybridized carbons (Fsp3) is 0.706. The standard InChI is InChI=1S/C17H24N6O4S/c1-3-20(2)15(24)10-21-8-13-14(9-21)27-17(26)23(13)11-4-5-22(7-11)16(25)12-6-18-28-19-12/h6,11,13-14H,3-5,7-10H2,1-2H3/t11?,13-,14+/m1/s1. The molecule has 11 heteroatoms. The highest BCUT2D eigenvalue weighted by molar-refractivity contribution is 6.99. The van der Waals surface area contributed by atoms with E-state index in [-0.39, 0.29) is 36.1 Å². The predicted molar refractivity (Wildman–Crippen MR) is 99.9 cm³/mol. The third-order valence-electron chi connectivity index (χ3n) is 5.82. The van der Waals surface area contributed by atoms with Crippen molar-refractivity contribution in [1.29, 1.82) is 0 Å². The van der Waals surface area contributed by atoms with E-state index in [0.29, 0.717) is 51.4 Å². The van der Waals surface area contributed by atoms with Crippen molar-refractivity contribution >= 4 is 29.6 Å². The van der Waals surface area contributed by atoms with Crippen molar-refractivity contribution in [2.45, 2.75) is 31.5 Å². The molecule has 0 N–H and O–H groups in total. The van der Waals surface area contributed by atoms with Gasteiger partial charge in [0.25, 0.3) is 5.91 Å².